The lowest BCUT2D eigenvalue weighted by Gasteiger charge is -2.22. The minimum absolute atomic E-state index is 0.00794. The van der Waals surface area contributed by atoms with Gasteiger partial charge in [0.05, 0.1) is 25.4 Å². The summed E-state index contributed by atoms with van der Waals surface area (Å²) in [6.07, 6.45) is 66.7. The lowest BCUT2D eigenvalue weighted by Crippen LogP contribution is -2.45. The summed E-state index contributed by atoms with van der Waals surface area (Å²) >= 11 is 0. The van der Waals surface area contributed by atoms with E-state index in [9.17, 15) is 19.8 Å². The van der Waals surface area contributed by atoms with E-state index in [4.69, 9.17) is 4.74 Å². The Morgan fingerprint density at radius 1 is 0.358 bits per heavy atom. The van der Waals surface area contributed by atoms with Crippen LogP contribution in [0.5, 0.6) is 0 Å². The molecule has 1 amide bonds. The van der Waals surface area contributed by atoms with Crippen molar-refractivity contribution in [3.05, 3.63) is 0 Å². The maximum absolute atomic E-state index is 12.5. The monoisotopic (exact) mass is 948 g/mol. The second kappa shape index (κ2) is 57.4. The van der Waals surface area contributed by atoms with Gasteiger partial charge in [0, 0.05) is 12.8 Å². The fourth-order valence-electron chi connectivity index (χ4n) is 9.94. The molecule has 3 N–H and O–H groups in total. The molecule has 0 aromatic rings. The number of carbonyl (C=O) groups is 2. The Labute approximate surface area is 419 Å². The van der Waals surface area contributed by atoms with Crippen molar-refractivity contribution in [3.8, 4) is 0 Å². The van der Waals surface area contributed by atoms with Crippen LogP contribution < -0.4 is 5.32 Å². The van der Waals surface area contributed by atoms with Crippen molar-refractivity contribution in [1.82, 2.24) is 5.32 Å². The lowest BCUT2D eigenvalue weighted by atomic mass is 10.0. The molecule has 6 heteroatoms. The molecule has 0 aliphatic heterocycles. The molecule has 0 radical (unpaired) electrons. The highest BCUT2D eigenvalue weighted by atomic mass is 16.5. The quantitative estimate of drug-likeness (QED) is 0.0417. The van der Waals surface area contributed by atoms with Gasteiger partial charge in [-0.25, -0.2) is 0 Å². The normalized spacial score (nSPS) is 12.5. The van der Waals surface area contributed by atoms with Gasteiger partial charge < -0.3 is 20.3 Å². The standard InChI is InChI=1S/C61H121NO5/c1-3-5-7-9-11-13-15-17-19-21-22-25-29-33-37-41-45-49-53-59(64)58(57-63)62-60(65)54-50-46-42-38-34-30-26-23-24-28-32-36-40-44-48-52-56-67-61(66)55-51-47-43-39-35-31-27-20-18-16-14-12-10-8-6-4-2/h58-59,63-64H,3-57H2,1-2H3,(H,62,65). The first-order valence-corrected chi connectivity index (χ1v) is 30.8. The maximum Gasteiger partial charge on any atom is 0.305 e. The van der Waals surface area contributed by atoms with Gasteiger partial charge >= 0.3 is 5.97 Å². The first kappa shape index (κ1) is 65.9. The number of ether oxygens (including phenoxy) is 1. The third-order valence-electron chi connectivity index (χ3n) is 14.7. The number of rotatable bonds is 58. The Balaban J connectivity index is 3.40. The zero-order chi connectivity index (χ0) is 48.6. The third-order valence-corrected chi connectivity index (χ3v) is 14.7. The van der Waals surface area contributed by atoms with Crippen LogP contribution >= 0.6 is 0 Å². The summed E-state index contributed by atoms with van der Waals surface area (Å²) in [5.41, 5.74) is 0. The molecule has 0 aromatic carbocycles. The van der Waals surface area contributed by atoms with Crippen molar-refractivity contribution >= 4 is 11.9 Å². The van der Waals surface area contributed by atoms with Gasteiger partial charge in [-0.3, -0.25) is 9.59 Å². The molecule has 0 saturated heterocycles. The first-order chi connectivity index (χ1) is 33.0. The predicted molar refractivity (Wildman–Crippen MR) is 292 cm³/mol. The van der Waals surface area contributed by atoms with Crippen molar-refractivity contribution < 1.29 is 24.5 Å². The number of carbonyl (C=O) groups excluding carboxylic acids is 2. The number of hydrogen-bond acceptors (Lipinski definition) is 5. The van der Waals surface area contributed by atoms with E-state index < -0.39 is 12.1 Å². The van der Waals surface area contributed by atoms with Crippen LogP contribution in [0.2, 0.25) is 0 Å². The fraction of sp³-hybridized carbons (Fsp3) is 0.967. The number of aliphatic hydroxyl groups excluding tert-OH is 2. The van der Waals surface area contributed by atoms with Gasteiger partial charge in [-0.15, -0.1) is 0 Å². The highest BCUT2D eigenvalue weighted by molar-refractivity contribution is 5.76. The van der Waals surface area contributed by atoms with Crippen LogP contribution in [0.3, 0.4) is 0 Å². The minimum Gasteiger partial charge on any atom is -0.466 e. The molecular weight excluding hydrogens is 827 g/mol. The molecule has 0 heterocycles. The van der Waals surface area contributed by atoms with Gasteiger partial charge in [0.2, 0.25) is 5.91 Å². The van der Waals surface area contributed by atoms with Crippen molar-refractivity contribution in [2.24, 2.45) is 0 Å². The zero-order valence-electron chi connectivity index (χ0n) is 45.7. The molecule has 0 spiro atoms. The predicted octanol–water partition coefficient (Wildman–Crippen LogP) is 19.1. The number of nitrogens with one attached hydrogen (secondary N) is 1. The largest absolute Gasteiger partial charge is 0.466 e. The smallest absolute Gasteiger partial charge is 0.305 e. The van der Waals surface area contributed by atoms with Crippen molar-refractivity contribution in [1.29, 1.82) is 0 Å². The summed E-state index contributed by atoms with van der Waals surface area (Å²) in [6.45, 7) is 4.98. The van der Waals surface area contributed by atoms with Crippen LogP contribution in [0.1, 0.15) is 354 Å². The summed E-state index contributed by atoms with van der Waals surface area (Å²) in [5, 5.41) is 23.3. The fourth-order valence-corrected chi connectivity index (χ4v) is 9.94. The highest BCUT2D eigenvalue weighted by Gasteiger charge is 2.20. The van der Waals surface area contributed by atoms with E-state index in [2.05, 4.69) is 19.2 Å². The van der Waals surface area contributed by atoms with Crippen molar-refractivity contribution in [2.75, 3.05) is 13.2 Å². The molecule has 0 aliphatic rings. The van der Waals surface area contributed by atoms with Gasteiger partial charge in [0.15, 0.2) is 0 Å². The molecule has 0 saturated carbocycles. The van der Waals surface area contributed by atoms with Gasteiger partial charge in [0.1, 0.15) is 0 Å². The summed E-state index contributed by atoms with van der Waals surface area (Å²) in [5.74, 6) is -0.0297. The van der Waals surface area contributed by atoms with Crippen LogP contribution in [-0.4, -0.2) is 47.4 Å². The molecule has 0 rings (SSSR count). The number of amides is 1. The van der Waals surface area contributed by atoms with Crippen molar-refractivity contribution in [3.63, 3.8) is 0 Å². The average Bonchev–Trinajstić information content (AvgIpc) is 3.33. The van der Waals surface area contributed by atoms with Gasteiger partial charge in [-0.2, -0.15) is 0 Å². The van der Waals surface area contributed by atoms with E-state index in [0.29, 0.717) is 25.9 Å². The van der Waals surface area contributed by atoms with E-state index >= 15 is 0 Å². The number of esters is 1. The second-order valence-corrected chi connectivity index (χ2v) is 21.4. The Kier molecular flexibility index (Phi) is 56.5. The Morgan fingerprint density at radius 3 is 0.910 bits per heavy atom. The molecule has 0 aliphatic carbocycles. The van der Waals surface area contributed by atoms with Crippen LogP contribution in [0.25, 0.3) is 0 Å². The molecule has 400 valence electrons. The van der Waals surface area contributed by atoms with Crippen molar-refractivity contribution in [2.45, 2.75) is 366 Å². The zero-order valence-corrected chi connectivity index (χ0v) is 45.7. The summed E-state index contributed by atoms with van der Waals surface area (Å²) < 4.78 is 5.49. The van der Waals surface area contributed by atoms with Gasteiger partial charge in [0.25, 0.3) is 0 Å². The minimum atomic E-state index is -0.668. The van der Waals surface area contributed by atoms with Gasteiger partial charge in [-0.05, 0) is 25.7 Å². The Bertz CT molecular complexity index is 959. The van der Waals surface area contributed by atoms with E-state index in [0.717, 1.165) is 38.5 Å². The summed E-state index contributed by atoms with van der Waals surface area (Å²) in [7, 11) is 0. The van der Waals surface area contributed by atoms with Crippen LogP contribution in [-0.2, 0) is 14.3 Å². The van der Waals surface area contributed by atoms with Crippen LogP contribution in [0, 0.1) is 0 Å². The third kappa shape index (κ3) is 54.0. The van der Waals surface area contributed by atoms with E-state index in [1.807, 2.05) is 0 Å². The number of aliphatic hydroxyl groups is 2. The summed E-state index contributed by atoms with van der Waals surface area (Å²) in [6, 6.07) is -0.546. The molecule has 2 atom stereocenters. The topological polar surface area (TPSA) is 95.9 Å². The second-order valence-electron chi connectivity index (χ2n) is 21.4. The average molecular weight is 949 g/mol. The van der Waals surface area contributed by atoms with Gasteiger partial charge in [-0.1, -0.05) is 316 Å². The van der Waals surface area contributed by atoms with E-state index in [1.165, 1.54) is 283 Å². The highest BCUT2D eigenvalue weighted by Crippen LogP contribution is 2.18. The first-order valence-electron chi connectivity index (χ1n) is 30.8. The number of hydrogen-bond donors (Lipinski definition) is 3. The SMILES string of the molecule is CCCCCCCCCCCCCCCCCCCCC(O)C(CO)NC(=O)CCCCCCCCCCCCCCCCCCOC(=O)CCCCCCCCCCCCCCCCCC. The van der Waals surface area contributed by atoms with Crippen LogP contribution in [0.4, 0.5) is 0 Å². The van der Waals surface area contributed by atoms with Crippen LogP contribution in [0.15, 0.2) is 0 Å². The molecule has 0 aromatic heterocycles. The molecule has 67 heavy (non-hydrogen) atoms. The van der Waals surface area contributed by atoms with E-state index in [-0.39, 0.29) is 18.5 Å². The maximum atomic E-state index is 12.5. The molecule has 0 bridgehead atoms. The molecule has 2 unspecified atom stereocenters. The summed E-state index contributed by atoms with van der Waals surface area (Å²) in [4.78, 5) is 24.6. The molecule has 0 fully saturated rings. The Morgan fingerprint density at radius 2 is 0.612 bits per heavy atom. The molecule has 6 nitrogen and oxygen atoms in total. The van der Waals surface area contributed by atoms with E-state index in [1.54, 1.807) is 0 Å². The lowest BCUT2D eigenvalue weighted by molar-refractivity contribution is -0.143. The molecular formula is C61H121NO5. The number of unbranched alkanes of at least 4 members (excludes halogenated alkanes) is 47. The Hall–Kier alpha value is -1.14.